The summed E-state index contributed by atoms with van der Waals surface area (Å²) in [6.45, 7) is 0. The van der Waals surface area contributed by atoms with E-state index in [-0.39, 0.29) is 0 Å². The van der Waals surface area contributed by atoms with Crippen LogP contribution in [-0.4, -0.2) is 10.2 Å². The van der Waals surface area contributed by atoms with E-state index in [2.05, 4.69) is 20.5 Å². The van der Waals surface area contributed by atoms with Gasteiger partial charge in [-0.1, -0.05) is 0 Å². The topological polar surface area (TPSA) is 47.0 Å². The predicted molar refractivity (Wildman–Crippen MR) is 44.5 cm³/mol. The van der Waals surface area contributed by atoms with E-state index >= 15 is 0 Å². The van der Waals surface area contributed by atoms with Crippen LogP contribution < -0.4 is 5.48 Å². The van der Waals surface area contributed by atoms with E-state index < -0.39 is 0 Å². The molecular weight excluding hydrogens is 154 g/mol. The van der Waals surface area contributed by atoms with Crippen LogP contribution in [0.15, 0.2) is 49.1 Å². The van der Waals surface area contributed by atoms with Gasteiger partial charge in [0.15, 0.2) is 0 Å². The van der Waals surface area contributed by atoms with Crippen LogP contribution in [0.3, 0.4) is 0 Å². The van der Waals surface area contributed by atoms with E-state index in [9.17, 15) is 0 Å². The fourth-order valence-corrected chi connectivity index (χ4v) is 0.511. The Morgan fingerprint density at radius 3 is 1.92 bits per heavy atom. The Labute approximate surface area is 70.5 Å². The van der Waals surface area contributed by atoms with Crippen molar-refractivity contribution < 1.29 is 4.84 Å². The van der Waals surface area contributed by atoms with Gasteiger partial charge in [0.2, 0.25) is 0 Å². The summed E-state index contributed by atoms with van der Waals surface area (Å²) in [4.78, 5) is 4.55. The fraction of sp³-hybridized carbons (Fsp3) is 0. The van der Waals surface area contributed by atoms with Crippen molar-refractivity contribution in [2.24, 2.45) is 0 Å². The van der Waals surface area contributed by atoms with Gasteiger partial charge in [0.25, 0.3) is 0 Å². The molecule has 62 valence electrons. The summed E-state index contributed by atoms with van der Waals surface area (Å²) in [6, 6.07) is 3.65. The zero-order valence-corrected chi connectivity index (χ0v) is 6.42. The van der Waals surface area contributed by atoms with E-state index in [1.165, 1.54) is 0 Å². The molecule has 0 aliphatic carbocycles. The molecule has 0 saturated carbocycles. The molecular formula is C8H9N3O. The summed E-state index contributed by atoms with van der Waals surface area (Å²) in [6.07, 6.45) is 10.2. The van der Waals surface area contributed by atoms with Crippen molar-refractivity contribution >= 4 is 0 Å². The van der Waals surface area contributed by atoms with Crippen molar-refractivity contribution in [3.8, 4) is 0 Å². The molecule has 0 bridgehead atoms. The molecule has 0 amide bonds. The molecule has 1 aromatic heterocycles. The lowest BCUT2D eigenvalue weighted by Gasteiger charge is -1.97. The molecule has 0 spiro atoms. The molecule has 0 atom stereocenters. The first-order chi connectivity index (χ1) is 6.00. The number of nitrogens with zero attached hydrogens (tertiary/aromatic N) is 2. The van der Waals surface area contributed by atoms with Crippen molar-refractivity contribution in [2.75, 3.05) is 0 Å². The Kier molecular flexibility index (Phi) is 4.07. The Morgan fingerprint density at radius 2 is 1.75 bits per heavy atom. The van der Waals surface area contributed by atoms with Crippen molar-refractivity contribution in [1.82, 2.24) is 15.7 Å². The van der Waals surface area contributed by atoms with Crippen molar-refractivity contribution in [2.45, 2.75) is 0 Å². The second kappa shape index (κ2) is 5.91. The van der Waals surface area contributed by atoms with Crippen LogP contribution in [0, 0.1) is 0 Å². The molecule has 1 N–H and O–H groups in total. The molecule has 2 rings (SSSR count). The van der Waals surface area contributed by atoms with Crippen LogP contribution in [0.5, 0.6) is 0 Å². The van der Waals surface area contributed by atoms with Crippen LogP contribution in [-0.2, 0) is 4.84 Å². The number of hydrogen-bond acceptors (Lipinski definition) is 4. The third kappa shape index (κ3) is 4.05. The number of nitrogens with one attached hydrogen (secondary N) is 1. The van der Waals surface area contributed by atoms with Crippen molar-refractivity contribution in [3.05, 3.63) is 49.1 Å². The van der Waals surface area contributed by atoms with Gasteiger partial charge in [-0.25, -0.2) is 5.48 Å². The summed E-state index contributed by atoms with van der Waals surface area (Å²) in [7, 11) is 0. The maximum Gasteiger partial charge on any atom is 0.119 e. The van der Waals surface area contributed by atoms with Gasteiger partial charge in [0.1, 0.15) is 6.26 Å². The molecule has 0 saturated heterocycles. The minimum absolute atomic E-state index is 1.57. The van der Waals surface area contributed by atoms with Crippen LogP contribution in [0.1, 0.15) is 0 Å². The molecule has 4 nitrogen and oxygen atoms in total. The van der Waals surface area contributed by atoms with Crippen molar-refractivity contribution in [1.29, 1.82) is 0 Å². The van der Waals surface area contributed by atoms with Gasteiger partial charge in [-0.05, 0) is 24.3 Å². The molecule has 0 unspecified atom stereocenters. The van der Waals surface area contributed by atoms with E-state index in [4.69, 9.17) is 0 Å². The highest BCUT2D eigenvalue weighted by molar-refractivity contribution is 5.00. The summed E-state index contributed by atoms with van der Waals surface area (Å²) < 4.78 is 0. The van der Waals surface area contributed by atoms with Gasteiger partial charge in [0, 0.05) is 18.6 Å². The van der Waals surface area contributed by atoms with E-state index in [1.807, 2.05) is 18.2 Å². The van der Waals surface area contributed by atoms with Gasteiger partial charge in [0.05, 0.1) is 0 Å². The summed E-state index contributed by atoms with van der Waals surface area (Å²) in [5.41, 5.74) is 2.52. The van der Waals surface area contributed by atoms with Gasteiger partial charge in [-0.15, -0.1) is 0 Å². The molecule has 0 fully saturated rings. The first-order valence-corrected chi connectivity index (χ1v) is 3.44. The molecule has 2 heterocycles. The zero-order chi connectivity index (χ0) is 8.49. The minimum atomic E-state index is 1.57. The van der Waals surface area contributed by atoms with Crippen LogP contribution in [0.25, 0.3) is 0 Å². The largest absolute Gasteiger partial charge is 0.391 e. The summed E-state index contributed by atoms with van der Waals surface area (Å²) in [5.74, 6) is 0. The lowest BCUT2D eigenvalue weighted by atomic mass is 10.6. The van der Waals surface area contributed by atoms with Gasteiger partial charge < -0.3 is 4.84 Å². The second-order valence-corrected chi connectivity index (χ2v) is 1.84. The van der Waals surface area contributed by atoms with E-state index in [0.717, 1.165) is 0 Å². The Bertz CT molecular complexity index is 207. The third-order valence-electron chi connectivity index (χ3n) is 0.973. The molecule has 1 aliphatic heterocycles. The number of hydroxylamine groups is 1. The van der Waals surface area contributed by atoms with E-state index in [0.29, 0.717) is 0 Å². The standard InChI is InChI=1S/C4H4N2.C4H5NO/c2*1-2-4-6-5-3-1/h1-4H;1-5H. The Hall–Kier alpha value is -1.84. The highest BCUT2D eigenvalue weighted by Gasteiger charge is 1.72. The minimum Gasteiger partial charge on any atom is -0.391 e. The number of aromatic nitrogens is 2. The Balaban J connectivity index is 0.000000120. The average Bonchev–Trinajstić information content (AvgIpc) is 2.24. The van der Waals surface area contributed by atoms with Crippen LogP contribution in [0.2, 0.25) is 0 Å². The normalized spacial score (nSPS) is 12.0. The molecule has 0 aromatic carbocycles. The first kappa shape index (κ1) is 8.26. The zero-order valence-electron chi connectivity index (χ0n) is 6.42. The number of allylic oxidation sites excluding steroid dienone is 2. The highest BCUT2D eigenvalue weighted by Crippen LogP contribution is 1.80. The highest BCUT2D eigenvalue weighted by atomic mass is 16.6. The number of rotatable bonds is 0. The van der Waals surface area contributed by atoms with Gasteiger partial charge in [-0.3, -0.25) is 0 Å². The molecule has 4 heteroatoms. The molecule has 0 radical (unpaired) electrons. The first-order valence-electron chi connectivity index (χ1n) is 3.44. The molecule has 1 aliphatic rings. The monoisotopic (exact) mass is 163 g/mol. The summed E-state index contributed by atoms with van der Waals surface area (Å²) >= 11 is 0. The van der Waals surface area contributed by atoms with Crippen LogP contribution >= 0.6 is 0 Å². The maximum atomic E-state index is 4.55. The van der Waals surface area contributed by atoms with Gasteiger partial charge >= 0.3 is 0 Å². The smallest absolute Gasteiger partial charge is 0.119 e. The second-order valence-electron chi connectivity index (χ2n) is 1.84. The predicted octanol–water partition coefficient (Wildman–Crippen LogP) is 1.03. The lowest BCUT2D eigenvalue weighted by Crippen LogP contribution is -2.01. The van der Waals surface area contributed by atoms with Gasteiger partial charge in [-0.2, -0.15) is 10.2 Å². The lowest BCUT2D eigenvalue weighted by molar-refractivity contribution is 0.172. The average molecular weight is 163 g/mol. The molecule has 1 aromatic rings. The quantitative estimate of drug-likeness (QED) is 0.620. The Morgan fingerprint density at radius 1 is 1.00 bits per heavy atom. The summed E-state index contributed by atoms with van der Waals surface area (Å²) in [5, 5.41) is 7.07. The van der Waals surface area contributed by atoms with Crippen LogP contribution in [0.4, 0.5) is 0 Å². The molecule has 12 heavy (non-hydrogen) atoms. The fourth-order valence-electron chi connectivity index (χ4n) is 0.511. The third-order valence-corrected chi connectivity index (χ3v) is 0.973. The van der Waals surface area contributed by atoms with E-state index in [1.54, 1.807) is 30.9 Å². The SMILES string of the molecule is C1=CNOC=C1.c1ccnnc1. The number of hydrogen-bond donors (Lipinski definition) is 1. The van der Waals surface area contributed by atoms with Crippen molar-refractivity contribution in [3.63, 3.8) is 0 Å². The maximum absolute atomic E-state index is 4.55.